The van der Waals surface area contributed by atoms with Crippen LogP contribution in [0, 0.1) is 0 Å². The summed E-state index contributed by atoms with van der Waals surface area (Å²) in [6.07, 6.45) is 2.55. The highest BCUT2D eigenvalue weighted by Gasteiger charge is 2.27. The number of carbonyl (C=O) groups excluding carboxylic acids is 2. The molecule has 3 rings (SSSR count). The van der Waals surface area contributed by atoms with Crippen LogP contribution >= 0.6 is 11.3 Å². The fourth-order valence-electron chi connectivity index (χ4n) is 2.91. The Morgan fingerprint density at radius 3 is 2.68 bits per heavy atom. The van der Waals surface area contributed by atoms with Gasteiger partial charge in [-0.3, -0.25) is 10.1 Å². The smallest absolute Gasteiger partial charge is 0.317 e. The minimum Gasteiger partial charge on any atom is -0.365 e. The molecular weight excluding hydrogens is 298 g/mol. The minimum atomic E-state index is -0.691. The third kappa shape index (κ3) is 2.35. The number of nitrogens with two attached hydrogens (primary N) is 2. The average molecular weight is 315 g/mol. The van der Waals surface area contributed by atoms with Crippen molar-refractivity contribution < 1.29 is 9.59 Å². The zero-order valence-corrected chi connectivity index (χ0v) is 13.0. The van der Waals surface area contributed by atoms with Crippen LogP contribution in [0.4, 0.5) is 9.80 Å². The number of fused-ring (bicyclic) bond motifs is 3. The molecule has 0 unspecified atom stereocenters. The van der Waals surface area contributed by atoms with Gasteiger partial charge >= 0.3 is 6.03 Å². The highest BCUT2D eigenvalue weighted by molar-refractivity contribution is 7.20. The van der Waals surface area contributed by atoms with Gasteiger partial charge in [0.25, 0.3) is 5.91 Å². The van der Waals surface area contributed by atoms with Crippen LogP contribution in [0.25, 0.3) is 10.4 Å². The van der Waals surface area contributed by atoms with Crippen molar-refractivity contribution in [2.24, 2.45) is 11.5 Å². The Kier molecular flexibility index (Phi) is 3.62. The normalized spacial score (nSPS) is 12.4. The van der Waals surface area contributed by atoms with E-state index in [1.165, 1.54) is 22.5 Å². The number of benzene rings is 1. The maximum Gasteiger partial charge on any atom is 0.317 e. The molecule has 1 aromatic heterocycles. The Labute approximate surface area is 132 Å². The summed E-state index contributed by atoms with van der Waals surface area (Å²) in [5.74, 6) is -0.531. The predicted molar refractivity (Wildman–Crippen MR) is 88.3 cm³/mol. The maximum atomic E-state index is 11.8. The van der Waals surface area contributed by atoms with E-state index in [2.05, 4.69) is 30.4 Å². The first kappa shape index (κ1) is 14.6. The van der Waals surface area contributed by atoms with Gasteiger partial charge in [-0.05, 0) is 41.5 Å². The van der Waals surface area contributed by atoms with E-state index in [1.54, 1.807) is 0 Å². The number of anilines is 1. The first-order valence-electron chi connectivity index (χ1n) is 7.15. The highest BCUT2D eigenvalue weighted by atomic mass is 32.1. The minimum absolute atomic E-state index is 0.395. The third-order valence-electron chi connectivity index (χ3n) is 3.96. The van der Waals surface area contributed by atoms with E-state index in [9.17, 15) is 9.59 Å². The number of hydrogen-bond acceptors (Lipinski definition) is 3. The number of nitrogens with one attached hydrogen (secondary N) is 1. The van der Waals surface area contributed by atoms with Crippen molar-refractivity contribution in [2.45, 2.75) is 26.2 Å². The molecule has 2 aromatic rings. The van der Waals surface area contributed by atoms with E-state index in [1.807, 2.05) is 0 Å². The van der Waals surface area contributed by atoms with E-state index in [0.717, 1.165) is 35.3 Å². The SMILES string of the molecule is CCc1ccc2c(c1)-c1sc(NC(N)=O)c(C(N)=O)c1CC2. The van der Waals surface area contributed by atoms with Gasteiger partial charge in [-0.25, -0.2) is 4.79 Å². The van der Waals surface area contributed by atoms with Gasteiger partial charge in [-0.15, -0.1) is 11.3 Å². The molecule has 0 aliphatic heterocycles. The second-order valence-electron chi connectivity index (χ2n) is 5.31. The summed E-state index contributed by atoms with van der Waals surface area (Å²) < 4.78 is 0. The van der Waals surface area contributed by atoms with Gasteiger partial charge in [0.2, 0.25) is 0 Å². The fraction of sp³-hybridized carbons (Fsp3) is 0.250. The second-order valence-corrected chi connectivity index (χ2v) is 6.33. The Morgan fingerprint density at radius 2 is 2.05 bits per heavy atom. The number of hydrogen-bond donors (Lipinski definition) is 3. The van der Waals surface area contributed by atoms with Crippen LogP contribution in [0.1, 0.15) is 34.0 Å². The summed E-state index contributed by atoms with van der Waals surface area (Å²) in [5.41, 5.74) is 15.6. The van der Waals surface area contributed by atoms with E-state index in [-0.39, 0.29) is 0 Å². The summed E-state index contributed by atoms with van der Waals surface area (Å²) >= 11 is 1.37. The van der Waals surface area contributed by atoms with Gasteiger partial charge in [0, 0.05) is 4.88 Å². The summed E-state index contributed by atoms with van der Waals surface area (Å²) in [6.45, 7) is 2.11. The fourth-order valence-corrected chi connectivity index (χ4v) is 4.22. The van der Waals surface area contributed by atoms with E-state index in [4.69, 9.17) is 11.5 Å². The van der Waals surface area contributed by atoms with Crippen LogP contribution in [0.2, 0.25) is 0 Å². The number of amides is 3. The molecule has 1 heterocycles. The van der Waals surface area contributed by atoms with Gasteiger partial charge in [-0.1, -0.05) is 25.1 Å². The topological polar surface area (TPSA) is 98.2 Å². The number of carbonyl (C=O) groups is 2. The lowest BCUT2D eigenvalue weighted by Gasteiger charge is -2.17. The molecule has 0 spiro atoms. The number of thiophene rings is 1. The lowest BCUT2D eigenvalue weighted by Crippen LogP contribution is -2.22. The third-order valence-corrected chi connectivity index (χ3v) is 5.14. The molecule has 0 saturated carbocycles. The van der Waals surface area contributed by atoms with Crippen molar-refractivity contribution in [3.05, 3.63) is 40.5 Å². The van der Waals surface area contributed by atoms with Crippen LogP contribution in [-0.4, -0.2) is 11.9 Å². The molecule has 1 aliphatic carbocycles. The molecule has 22 heavy (non-hydrogen) atoms. The van der Waals surface area contributed by atoms with Gasteiger partial charge in [0.1, 0.15) is 5.00 Å². The summed E-state index contributed by atoms with van der Waals surface area (Å²) in [7, 11) is 0. The van der Waals surface area contributed by atoms with E-state index < -0.39 is 11.9 Å². The lowest BCUT2D eigenvalue weighted by molar-refractivity contribution is 0.100. The summed E-state index contributed by atoms with van der Waals surface area (Å²) in [5, 5.41) is 2.97. The monoisotopic (exact) mass is 315 g/mol. The molecule has 3 amide bonds. The summed E-state index contributed by atoms with van der Waals surface area (Å²) in [4.78, 5) is 24.0. The van der Waals surface area contributed by atoms with Crippen LogP contribution in [0.5, 0.6) is 0 Å². The van der Waals surface area contributed by atoms with Gasteiger partial charge in [-0.2, -0.15) is 0 Å². The van der Waals surface area contributed by atoms with Crippen molar-refractivity contribution in [3.8, 4) is 10.4 Å². The van der Waals surface area contributed by atoms with Gasteiger partial charge in [0.15, 0.2) is 0 Å². The highest BCUT2D eigenvalue weighted by Crippen LogP contribution is 2.45. The molecule has 1 aromatic carbocycles. The molecule has 5 nitrogen and oxygen atoms in total. The second kappa shape index (κ2) is 5.46. The van der Waals surface area contributed by atoms with Crippen molar-refractivity contribution >= 4 is 28.3 Å². The zero-order valence-electron chi connectivity index (χ0n) is 12.2. The molecule has 1 aliphatic rings. The predicted octanol–water partition coefficient (Wildman–Crippen LogP) is 2.67. The van der Waals surface area contributed by atoms with Crippen molar-refractivity contribution in [1.29, 1.82) is 0 Å². The van der Waals surface area contributed by atoms with Crippen molar-refractivity contribution in [3.63, 3.8) is 0 Å². The molecule has 0 atom stereocenters. The van der Waals surface area contributed by atoms with Crippen LogP contribution in [-0.2, 0) is 19.3 Å². The number of aryl methyl sites for hydroxylation is 2. The Bertz CT molecular complexity index is 780. The Morgan fingerprint density at radius 1 is 1.27 bits per heavy atom. The van der Waals surface area contributed by atoms with E-state index >= 15 is 0 Å². The molecular formula is C16H17N3O2S. The molecule has 6 heteroatoms. The van der Waals surface area contributed by atoms with Gasteiger partial charge in [0.05, 0.1) is 5.56 Å². The molecule has 114 valence electrons. The lowest BCUT2D eigenvalue weighted by atomic mass is 9.88. The Balaban J connectivity index is 2.20. The average Bonchev–Trinajstić information content (AvgIpc) is 2.84. The van der Waals surface area contributed by atoms with E-state index in [0.29, 0.717) is 10.6 Å². The van der Waals surface area contributed by atoms with Crippen LogP contribution in [0.15, 0.2) is 18.2 Å². The molecule has 5 N–H and O–H groups in total. The molecule has 0 saturated heterocycles. The zero-order chi connectivity index (χ0) is 15.9. The first-order chi connectivity index (χ1) is 10.5. The van der Waals surface area contributed by atoms with Crippen molar-refractivity contribution in [1.82, 2.24) is 0 Å². The number of rotatable bonds is 3. The maximum absolute atomic E-state index is 11.8. The largest absolute Gasteiger partial charge is 0.365 e. The van der Waals surface area contributed by atoms with Crippen LogP contribution < -0.4 is 16.8 Å². The first-order valence-corrected chi connectivity index (χ1v) is 7.97. The molecule has 0 fully saturated rings. The van der Waals surface area contributed by atoms with Gasteiger partial charge < -0.3 is 11.5 Å². The number of primary amides is 2. The molecule has 0 bridgehead atoms. The van der Waals surface area contributed by atoms with Crippen molar-refractivity contribution in [2.75, 3.05) is 5.32 Å². The van der Waals surface area contributed by atoms with Crippen LogP contribution in [0.3, 0.4) is 0 Å². The molecule has 0 radical (unpaired) electrons. The standard InChI is InChI=1S/C16H17N3O2S/c1-2-8-3-4-9-5-6-10-12(14(17)20)15(19-16(18)21)22-13(10)11(9)7-8/h3-4,7H,2,5-6H2,1H3,(H2,17,20)(H3,18,19,21). The number of urea groups is 1. The Hall–Kier alpha value is -2.34. The summed E-state index contributed by atoms with van der Waals surface area (Å²) in [6, 6.07) is 5.74. The quantitative estimate of drug-likeness (QED) is 0.811.